The molecule has 3 aliphatic rings. The van der Waals surface area contributed by atoms with Crippen LogP contribution in [0, 0.1) is 5.92 Å². The van der Waals surface area contributed by atoms with Crippen LogP contribution in [-0.4, -0.2) is 45.2 Å². The monoisotopic (exact) mass is 483 g/mol. The van der Waals surface area contributed by atoms with E-state index in [2.05, 4.69) is 62.3 Å². The molecule has 36 heavy (non-hydrogen) atoms. The van der Waals surface area contributed by atoms with Crippen molar-refractivity contribution in [3.05, 3.63) is 77.6 Å². The Bertz CT molecular complexity index is 1260. The van der Waals surface area contributed by atoms with Crippen molar-refractivity contribution in [1.29, 1.82) is 0 Å². The summed E-state index contributed by atoms with van der Waals surface area (Å²) in [6, 6.07) is 16.9. The van der Waals surface area contributed by atoms with E-state index in [-0.39, 0.29) is 41.3 Å². The molecule has 2 aliphatic heterocycles. The second-order valence-electron chi connectivity index (χ2n) is 11.5. The van der Waals surface area contributed by atoms with Crippen molar-refractivity contribution in [2.45, 2.75) is 70.0 Å². The molecule has 6 rings (SSSR count). The Labute approximate surface area is 212 Å². The van der Waals surface area contributed by atoms with Gasteiger partial charge in [-0.3, -0.25) is 9.48 Å². The quantitative estimate of drug-likeness (QED) is 0.426. The maximum absolute atomic E-state index is 13.3. The zero-order valence-corrected chi connectivity index (χ0v) is 21.2. The number of ether oxygens (including phenoxy) is 1. The van der Waals surface area contributed by atoms with Crippen molar-refractivity contribution >= 4 is 11.9 Å². The van der Waals surface area contributed by atoms with Crippen LogP contribution in [0.2, 0.25) is 0 Å². The Morgan fingerprint density at radius 2 is 1.53 bits per heavy atom. The van der Waals surface area contributed by atoms with Crippen molar-refractivity contribution < 1.29 is 14.3 Å². The van der Waals surface area contributed by atoms with Crippen molar-refractivity contribution in [1.82, 2.24) is 14.7 Å². The Morgan fingerprint density at radius 1 is 0.944 bits per heavy atom. The van der Waals surface area contributed by atoms with Crippen molar-refractivity contribution in [2.24, 2.45) is 5.92 Å². The van der Waals surface area contributed by atoms with Gasteiger partial charge in [0.2, 0.25) is 0 Å². The van der Waals surface area contributed by atoms with Gasteiger partial charge < -0.3 is 9.64 Å². The Morgan fingerprint density at radius 3 is 2.08 bits per heavy atom. The fourth-order valence-corrected chi connectivity index (χ4v) is 6.41. The summed E-state index contributed by atoms with van der Waals surface area (Å²) >= 11 is 0. The lowest BCUT2D eigenvalue weighted by Gasteiger charge is -2.37. The molecular weight excluding hydrogens is 450 g/mol. The number of piperidine rings is 1. The van der Waals surface area contributed by atoms with Crippen LogP contribution in [0.15, 0.2) is 60.9 Å². The van der Waals surface area contributed by atoms with E-state index in [1.165, 1.54) is 22.3 Å². The molecule has 1 aliphatic carbocycles. The topological polar surface area (TPSA) is 64.4 Å². The second-order valence-corrected chi connectivity index (χ2v) is 11.5. The van der Waals surface area contributed by atoms with E-state index < -0.39 is 0 Å². The average Bonchev–Trinajstić information content (AvgIpc) is 3.55. The highest BCUT2D eigenvalue weighted by Gasteiger charge is 2.46. The molecule has 2 aromatic carbocycles. The third-order valence-electron chi connectivity index (χ3n) is 8.21. The lowest BCUT2D eigenvalue weighted by atomic mass is 9.85. The number of hydrogen-bond acceptors (Lipinski definition) is 4. The highest BCUT2D eigenvalue weighted by molar-refractivity contribution is 5.97. The first-order valence-corrected chi connectivity index (χ1v) is 13.0. The number of benzene rings is 2. The zero-order valence-electron chi connectivity index (χ0n) is 21.2. The van der Waals surface area contributed by atoms with Crippen LogP contribution in [0.4, 0.5) is 4.79 Å². The van der Waals surface area contributed by atoms with Crippen molar-refractivity contribution in [2.75, 3.05) is 6.61 Å². The van der Waals surface area contributed by atoms with Gasteiger partial charge in [0, 0.05) is 30.1 Å². The largest absolute Gasteiger partial charge is 0.448 e. The molecule has 0 N–H and O–H groups in total. The number of hydrogen-bond donors (Lipinski definition) is 0. The third kappa shape index (κ3) is 3.83. The Kier molecular flexibility index (Phi) is 5.51. The van der Waals surface area contributed by atoms with Gasteiger partial charge in [-0.25, -0.2) is 4.79 Å². The number of amides is 1. The van der Waals surface area contributed by atoms with Gasteiger partial charge in [-0.05, 0) is 68.7 Å². The lowest BCUT2D eigenvalue weighted by molar-refractivity contribution is 0.0506. The fourth-order valence-electron chi connectivity index (χ4n) is 6.41. The van der Waals surface area contributed by atoms with E-state index in [4.69, 9.17) is 4.74 Å². The van der Waals surface area contributed by atoms with Gasteiger partial charge in [0.05, 0.1) is 17.3 Å². The van der Waals surface area contributed by atoms with Gasteiger partial charge in [0.15, 0.2) is 5.78 Å². The molecule has 186 valence electrons. The summed E-state index contributed by atoms with van der Waals surface area (Å²) in [6.07, 6.45) is 6.56. The predicted molar refractivity (Wildman–Crippen MR) is 138 cm³/mol. The second kappa shape index (κ2) is 8.61. The van der Waals surface area contributed by atoms with Crippen LogP contribution in [0.5, 0.6) is 0 Å². The molecule has 2 atom stereocenters. The molecule has 2 fully saturated rings. The minimum absolute atomic E-state index is 0.0532. The smallest absolute Gasteiger partial charge is 0.410 e. The van der Waals surface area contributed by atoms with E-state index in [9.17, 15) is 9.59 Å². The molecule has 2 bridgehead atoms. The van der Waals surface area contributed by atoms with Gasteiger partial charge >= 0.3 is 6.09 Å². The molecule has 6 nitrogen and oxygen atoms in total. The Hall–Kier alpha value is -3.41. The van der Waals surface area contributed by atoms with Gasteiger partial charge in [0.1, 0.15) is 6.61 Å². The lowest BCUT2D eigenvalue weighted by Crippen LogP contribution is -2.48. The summed E-state index contributed by atoms with van der Waals surface area (Å²) in [7, 11) is 0. The molecule has 3 heterocycles. The van der Waals surface area contributed by atoms with Gasteiger partial charge in [0.25, 0.3) is 0 Å². The number of carbonyl (C=O) groups excluding carboxylic acids is 2. The maximum atomic E-state index is 13.3. The molecule has 6 heteroatoms. The molecule has 2 unspecified atom stereocenters. The zero-order chi connectivity index (χ0) is 25.0. The molecule has 0 saturated carbocycles. The molecule has 1 aromatic heterocycles. The van der Waals surface area contributed by atoms with Crippen LogP contribution >= 0.6 is 0 Å². The van der Waals surface area contributed by atoms with Gasteiger partial charge in [-0.15, -0.1) is 0 Å². The summed E-state index contributed by atoms with van der Waals surface area (Å²) < 4.78 is 7.82. The molecular formula is C30H33N3O3. The van der Waals surface area contributed by atoms with Crippen LogP contribution in [0.3, 0.4) is 0 Å². The minimum atomic E-state index is -0.240. The summed E-state index contributed by atoms with van der Waals surface area (Å²) in [6.45, 7) is 6.54. The van der Waals surface area contributed by atoms with E-state index in [1.54, 1.807) is 6.20 Å². The normalized spacial score (nSPS) is 22.9. The van der Waals surface area contributed by atoms with Crippen LogP contribution in [-0.2, 0) is 10.3 Å². The van der Waals surface area contributed by atoms with Gasteiger partial charge in [-0.1, -0.05) is 48.5 Å². The van der Waals surface area contributed by atoms with E-state index in [0.717, 1.165) is 12.8 Å². The number of carbonyl (C=O) groups is 2. The highest BCUT2D eigenvalue weighted by atomic mass is 16.6. The average molecular weight is 484 g/mol. The van der Waals surface area contributed by atoms with Gasteiger partial charge in [-0.2, -0.15) is 5.10 Å². The summed E-state index contributed by atoms with van der Waals surface area (Å²) in [5.41, 5.74) is 5.39. The van der Waals surface area contributed by atoms with Crippen molar-refractivity contribution in [3.63, 3.8) is 0 Å². The van der Waals surface area contributed by atoms with E-state index in [1.807, 2.05) is 27.9 Å². The van der Waals surface area contributed by atoms with E-state index in [0.29, 0.717) is 25.0 Å². The molecule has 0 spiro atoms. The van der Waals surface area contributed by atoms with E-state index >= 15 is 0 Å². The number of Topliss-reactive ketones (excluding diaryl/α,β-unsaturated/α-hetero) is 1. The van der Waals surface area contributed by atoms with Crippen LogP contribution in [0.1, 0.15) is 73.9 Å². The van der Waals surface area contributed by atoms with Crippen molar-refractivity contribution in [3.8, 4) is 11.1 Å². The molecule has 0 radical (unpaired) electrons. The predicted octanol–water partition coefficient (Wildman–Crippen LogP) is 6.01. The fraction of sp³-hybridized carbons (Fsp3) is 0.433. The maximum Gasteiger partial charge on any atom is 0.410 e. The molecule has 1 amide bonds. The summed E-state index contributed by atoms with van der Waals surface area (Å²) in [5.74, 6) is 0.129. The first-order chi connectivity index (χ1) is 17.3. The number of nitrogens with zero attached hydrogens (tertiary/aromatic N) is 3. The Balaban J connectivity index is 1.13. The van der Waals surface area contributed by atoms with Crippen LogP contribution < -0.4 is 0 Å². The van der Waals surface area contributed by atoms with Crippen LogP contribution in [0.25, 0.3) is 11.1 Å². The third-order valence-corrected chi connectivity index (χ3v) is 8.21. The molecule has 3 aromatic rings. The number of rotatable bonds is 4. The highest BCUT2D eigenvalue weighted by Crippen LogP contribution is 2.45. The number of ketones is 1. The number of aromatic nitrogens is 2. The first-order valence-electron chi connectivity index (χ1n) is 13.0. The summed E-state index contributed by atoms with van der Waals surface area (Å²) in [5, 5.41) is 4.41. The molecule has 2 saturated heterocycles. The standard InChI is InChI=1S/C30H33N3O3/c1-30(2,3)32-17-20(16-31-32)28(34)19-14-21-12-13-22(15-19)33(21)29(35)36-18-27-25-10-6-4-8-23(25)24-9-5-7-11-26(24)27/h4-11,16-17,19,21-22,27H,12-15,18H2,1-3H3. The summed E-state index contributed by atoms with van der Waals surface area (Å²) in [4.78, 5) is 28.5. The first kappa shape index (κ1) is 23.0. The minimum Gasteiger partial charge on any atom is -0.448 e. The number of fused-ring (bicyclic) bond motifs is 5. The SMILES string of the molecule is CC(C)(C)n1cc(C(=O)C2CC3CCC(C2)N3C(=O)OCC2c3ccccc3-c3ccccc32)cn1.